The first-order valence-corrected chi connectivity index (χ1v) is 5.16. The molecule has 1 aromatic carbocycles. The Morgan fingerprint density at radius 1 is 1.40 bits per heavy atom. The summed E-state index contributed by atoms with van der Waals surface area (Å²) in [6.45, 7) is 4.05. The molecular weight excluding hydrogens is 213 g/mol. The predicted octanol–water partition coefficient (Wildman–Crippen LogP) is 3.75. The molecule has 3 heteroatoms. The van der Waals surface area contributed by atoms with Crippen molar-refractivity contribution in [1.82, 2.24) is 0 Å². The van der Waals surface area contributed by atoms with Gasteiger partial charge in [-0.25, -0.2) is 4.39 Å². The number of benzene rings is 1. The van der Waals surface area contributed by atoms with Crippen LogP contribution in [-0.2, 0) is 0 Å². The summed E-state index contributed by atoms with van der Waals surface area (Å²) < 4.78 is 12.8. The number of hydrogen-bond donors (Lipinski definition) is 1. The van der Waals surface area contributed by atoms with Gasteiger partial charge in [0.2, 0.25) is 0 Å². The third kappa shape index (κ3) is 4.18. The molecule has 1 atom stereocenters. The van der Waals surface area contributed by atoms with Gasteiger partial charge in [0.05, 0.1) is 0 Å². The molecule has 0 fully saturated rings. The van der Waals surface area contributed by atoms with E-state index in [1.165, 1.54) is 6.07 Å². The second-order valence-corrected chi connectivity index (χ2v) is 3.75. The van der Waals surface area contributed by atoms with E-state index in [2.05, 4.69) is 6.92 Å². The molecule has 0 bridgehead atoms. The van der Waals surface area contributed by atoms with Crippen molar-refractivity contribution in [1.29, 1.82) is 0 Å². The lowest BCUT2D eigenvalue weighted by Gasteiger charge is -2.14. The molecule has 0 aromatic heterocycles. The van der Waals surface area contributed by atoms with Crippen LogP contribution >= 0.6 is 12.4 Å². The lowest BCUT2D eigenvalue weighted by atomic mass is 9.98. The van der Waals surface area contributed by atoms with Crippen LogP contribution in [0.15, 0.2) is 18.2 Å². The Morgan fingerprint density at radius 3 is 2.60 bits per heavy atom. The van der Waals surface area contributed by atoms with Gasteiger partial charge in [-0.1, -0.05) is 25.8 Å². The van der Waals surface area contributed by atoms with Crippen molar-refractivity contribution in [2.24, 2.45) is 5.73 Å². The highest BCUT2D eigenvalue weighted by Crippen LogP contribution is 2.20. The van der Waals surface area contributed by atoms with E-state index in [4.69, 9.17) is 5.73 Å². The maximum Gasteiger partial charge on any atom is 0.123 e. The van der Waals surface area contributed by atoms with Gasteiger partial charge in [-0.3, -0.25) is 0 Å². The molecule has 0 aliphatic rings. The van der Waals surface area contributed by atoms with Gasteiger partial charge < -0.3 is 5.73 Å². The molecule has 15 heavy (non-hydrogen) atoms. The van der Waals surface area contributed by atoms with Gasteiger partial charge in [0.15, 0.2) is 0 Å². The van der Waals surface area contributed by atoms with Gasteiger partial charge in [-0.2, -0.15) is 0 Å². The molecule has 0 aliphatic carbocycles. The van der Waals surface area contributed by atoms with Crippen LogP contribution in [0.5, 0.6) is 0 Å². The molecule has 1 nitrogen and oxygen atoms in total. The summed E-state index contributed by atoms with van der Waals surface area (Å²) in [4.78, 5) is 0. The molecule has 0 aliphatic heterocycles. The average molecular weight is 232 g/mol. The zero-order chi connectivity index (χ0) is 10.6. The second kappa shape index (κ2) is 6.81. The summed E-state index contributed by atoms with van der Waals surface area (Å²) in [5.74, 6) is -0.186. The predicted molar refractivity (Wildman–Crippen MR) is 64.8 cm³/mol. The first-order valence-electron chi connectivity index (χ1n) is 5.16. The fourth-order valence-corrected chi connectivity index (χ4v) is 1.63. The van der Waals surface area contributed by atoms with Crippen LogP contribution in [0.4, 0.5) is 4.39 Å². The first kappa shape index (κ1) is 14.4. The average Bonchev–Trinajstić information content (AvgIpc) is 2.14. The number of nitrogens with two attached hydrogens (primary N) is 1. The van der Waals surface area contributed by atoms with Crippen LogP contribution < -0.4 is 5.73 Å². The fraction of sp³-hybridized carbons (Fsp3) is 0.500. The quantitative estimate of drug-likeness (QED) is 0.839. The van der Waals surface area contributed by atoms with Crippen LogP contribution in [0.3, 0.4) is 0 Å². The minimum atomic E-state index is -0.186. The van der Waals surface area contributed by atoms with Gasteiger partial charge in [0.1, 0.15) is 5.82 Å². The number of rotatable bonds is 4. The van der Waals surface area contributed by atoms with Crippen molar-refractivity contribution < 1.29 is 4.39 Å². The van der Waals surface area contributed by atoms with Gasteiger partial charge in [-0.15, -0.1) is 12.4 Å². The molecule has 0 heterocycles. The van der Waals surface area contributed by atoms with E-state index in [-0.39, 0.29) is 24.3 Å². The molecule has 0 radical (unpaired) electrons. The summed E-state index contributed by atoms with van der Waals surface area (Å²) >= 11 is 0. The van der Waals surface area contributed by atoms with Gasteiger partial charge in [0.25, 0.3) is 0 Å². The van der Waals surface area contributed by atoms with Crippen molar-refractivity contribution >= 4 is 12.4 Å². The molecule has 0 spiro atoms. The number of halogens is 2. The first-order chi connectivity index (χ1) is 6.65. The lowest BCUT2D eigenvalue weighted by Crippen LogP contribution is -2.11. The summed E-state index contributed by atoms with van der Waals surface area (Å²) in [6, 6.07) is 4.87. The van der Waals surface area contributed by atoms with E-state index in [1.54, 1.807) is 12.1 Å². The number of hydrogen-bond acceptors (Lipinski definition) is 1. The Labute approximate surface area is 97.3 Å². The number of unbranched alkanes of at least 4 members (excludes halogenated alkanes) is 1. The molecule has 0 unspecified atom stereocenters. The van der Waals surface area contributed by atoms with E-state index in [1.807, 2.05) is 6.92 Å². The topological polar surface area (TPSA) is 26.0 Å². The third-order valence-electron chi connectivity index (χ3n) is 2.50. The van der Waals surface area contributed by atoms with E-state index in [9.17, 15) is 4.39 Å². The fourth-order valence-electron chi connectivity index (χ4n) is 1.63. The van der Waals surface area contributed by atoms with E-state index in [0.717, 1.165) is 30.4 Å². The molecule has 1 aromatic rings. The smallest absolute Gasteiger partial charge is 0.123 e. The molecule has 0 amide bonds. The SMILES string of the molecule is CCCC[C@@H](N)c1ccc(F)cc1C.Cl. The van der Waals surface area contributed by atoms with E-state index < -0.39 is 0 Å². The Bertz CT molecular complexity index is 302. The highest BCUT2D eigenvalue weighted by atomic mass is 35.5. The highest BCUT2D eigenvalue weighted by molar-refractivity contribution is 5.85. The van der Waals surface area contributed by atoms with Gasteiger partial charge in [-0.05, 0) is 36.6 Å². The summed E-state index contributed by atoms with van der Waals surface area (Å²) in [7, 11) is 0. The molecule has 0 saturated heterocycles. The maximum atomic E-state index is 12.8. The Morgan fingerprint density at radius 2 is 2.07 bits per heavy atom. The van der Waals surface area contributed by atoms with Crippen molar-refractivity contribution in [2.75, 3.05) is 0 Å². The van der Waals surface area contributed by atoms with Crippen LogP contribution in [0, 0.1) is 12.7 Å². The highest BCUT2D eigenvalue weighted by Gasteiger charge is 2.08. The minimum Gasteiger partial charge on any atom is -0.324 e. The van der Waals surface area contributed by atoms with Crippen LogP contribution in [-0.4, -0.2) is 0 Å². The normalized spacial score (nSPS) is 12.0. The largest absolute Gasteiger partial charge is 0.324 e. The van der Waals surface area contributed by atoms with Gasteiger partial charge >= 0.3 is 0 Å². The molecule has 0 saturated carbocycles. The summed E-state index contributed by atoms with van der Waals surface area (Å²) in [5, 5.41) is 0. The number of aryl methyl sites for hydroxylation is 1. The zero-order valence-corrected chi connectivity index (χ0v) is 10.1. The third-order valence-corrected chi connectivity index (χ3v) is 2.50. The minimum absolute atomic E-state index is 0. The van der Waals surface area contributed by atoms with Crippen molar-refractivity contribution in [3.05, 3.63) is 35.1 Å². The Kier molecular flexibility index (Phi) is 6.53. The Hall–Kier alpha value is -0.600. The summed E-state index contributed by atoms with van der Waals surface area (Å²) in [5.41, 5.74) is 8.03. The van der Waals surface area contributed by atoms with Crippen LogP contribution in [0.25, 0.3) is 0 Å². The second-order valence-electron chi connectivity index (χ2n) is 3.75. The van der Waals surface area contributed by atoms with Crippen molar-refractivity contribution in [3.63, 3.8) is 0 Å². The van der Waals surface area contributed by atoms with Crippen LogP contribution in [0.2, 0.25) is 0 Å². The van der Waals surface area contributed by atoms with E-state index >= 15 is 0 Å². The lowest BCUT2D eigenvalue weighted by molar-refractivity contribution is 0.593. The van der Waals surface area contributed by atoms with Crippen molar-refractivity contribution in [2.45, 2.75) is 39.2 Å². The Balaban J connectivity index is 0.00000196. The molecular formula is C12H19ClFN. The molecule has 2 N–H and O–H groups in total. The maximum absolute atomic E-state index is 12.8. The molecule has 1 rings (SSSR count). The van der Waals surface area contributed by atoms with Crippen LogP contribution in [0.1, 0.15) is 43.4 Å². The monoisotopic (exact) mass is 231 g/mol. The zero-order valence-electron chi connectivity index (χ0n) is 9.29. The summed E-state index contributed by atoms with van der Waals surface area (Å²) in [6.07, 6.45) is 3.24. The van der Waals surface area contributed by atoms with Gasteiger partial charge in [0, 0.05) is 6.04 Å². The van der Waals surface area contributed by atoms with E-state index in [0.29, 0.717) is 0 Å². The standard InChI is InChI=1S/C12H18FN.ClH/c1-3-4-5-12(14)11-7-6-10(13)8-9(11)2;/h6-8,12H,3-5,14H2,1-2H3;1H/t12-;/m1./s1. The molecule has 86 valence electrons. The van der Waals surface area contributed by atoms with Crippen molar-refractivity contribution in [3.8, 4) is 0 Å².